The van der Waals surface area contributed by atoms with Gasteiger partial charge in [-0.05, 0) is 26.1 Å². The number of hydrogen-bond donors (Lipinski definition) is 1. The summed E-state index contributed by atoms with van der Waals surface area (Å²) in [5, 5.41) is 5.24. The number of thiazole rings is 1. The maximum absolute atomic E-state index is 15.7. The third-order valence-corrected chi connectivity index (χ3v) is 8.33. The van der Waals surface area contributed by atoms with Crippen molar-refractivity contribution < 1.29 is 22.7 Å². The Morgan fingerprint density at radius 1 is 1.12 bits per heavy atom. The highest BCUT2D eigenvalue weighted by Gasteiger charge is 2.27. The number of likely N-dealkylation sites (N-methyl/N-ethyl adjacent to an activating group) is 1. The van der Waals surface area contributed by atoms with Crippen molar-refractivity contribution in [1.29, 1.82) is 0 Å². The minimum atomic E-state index is -3.02. The first-order chi connectivity index (χ1) is 19.1. The van der Waals surface area contributed by atoms with Crippen LogP contribution in [-0.4, -0.2) is 79.4 Å². The van der Waals surface area contributed by atoms with E-state index in [-0.39, 0.29) is 22.9 Å². The Balaban J connectivity index is 1.54. The van der Waals surface area contributed by atoms with Crippen molar-refractivity contribution in [2.24, 2.45) is 7.05 Å². The van der Waals surface area contributed by atoms with Crippen LogP contribution in [0.2, 0.25) is 0 Å². The molecule has 0 radical (unpaired) electrons. The van der Waals surface area contributed by atoms with Gasteiger partial charge in [0.2, 0.25) is 0 Å². The molecular weight excluding hydrogens is 545 g/mol. The monoisotopic (exact) mass is 576 g/mol. The van der Waals surface area contributed by atoms with Gasteiger partial charge in [-0.2, -0.15) is 0 Å². The molecule has 3 aromatic rings. The number of nitrogens with one attached hydrogen (secondary N) is 1. The number of amides is 1. The van der Waals surface area contributed by atoms with Gasteiger partial charge in [0.15, 0.2) is 5.13 Å². The van der Waals surface area contributed by atoms with Gasteiger partial charge >= 0.3 is 0 Å². The molecular formula is C27H31F3N6O3S. The highest BCUT2D eigenvalue weighted by Crippen LogP contribution is 2.37. The van der Waals surface area contributed by atoms with Crippen molar-refractivity contribution in [2.75, 3.05) is 68.1 Å². The Morgan fingerprint density at radius 2 is 1.88 bits per heavy atom. The molecule has 2 aliphatic rings. The van der Waals surface area contributed by atoms with Crippen LogP contribution in [0.3, 0.4) is 0 Å². The van der Waals surface area contributed by atoms with Gasteiger partial charge in [0.1, 0.15) is 5.82 Å². The standard InChI is InChI=1S/C27H31F3N6O3S/c1-16-13-36(5-4-33(16)2)23-12-20(28)18(22-15-40-27(32-22)35-6-8-39-9-7-35)10-21(23)31-26(38)19-14-34(3)24(37)11-17(19)25(29)30/h10-12,14-16,25H,4-9,13H2,1-3H3,(H,31,38)/t16-/m1/s1. The molecule has 0 unspecified atom stereocenters. The van der Waals surface area contributed by atoms with Gasteiger partial charge < -0.3 is 29.3 Å². The molecule has 1 atom stereocenters. The molecule has 2 saturated heterocycles. The summed E-state index contributed by atoms with van der Waals surface area (Å²) in [5.74, 6) is -1.33. The lowest BCUT2D eigenvalue weighted by Crippen LogP contribution is -2.50. The third-order valence-electron chi connectivity index (χ3n) is 7.42. The number of hydrogen-bond acceptors (Lipinski definition) is 8. The van der Waals surface area contributed by atoms with Crippen LogP contribution in [-0.2, 0) is 11.8 Å². The first-order valence-corrected chi connectivity index (χ1v) is 13.9. The summed E-state index contributed by atoms with van der Waals surface area (Å²) in [6.45, 7) is 6.49. The van der Waals surface area contributed by atoms with Crippen LogP contribution in [0.25, 0.3) is 11.3 Å². The molecule has 40 heavy (non-hydrogen) atoms. The van der Waals surface area contributed by atoms with Crippen molar-refractivity contribution in [1.82, 2.24) is 14.5 Å². The Hall–Kier alpha value is -3.42. The molecule has 2 aliphatic heterocycles. The molecule has 1 aromatic carbocycles. The van der Waals surface area contributed by atoms with Crippen LogP contribution in [0.1, 0.15) is 29.3 Å². The van der Waals surface area contributed by atoms with Gasteiger partial charge in [0, 0.05) is 74.6 Å². The van der Waals surface area contributed by atoms with Gasteiger partial charge in [-0.3, -0.25) is 9.59 Å². The molecule has 13 heteroatoms. The van der Waals surface area contributed by atoms with E-state index in [4.69, 9.17) is 4.74 Å². The number of halogens is 3. The van der Waals surface area contributed by atoms with E-state index in [9.17, 15) is 18.4 Å². The topological polar surface area (TPSA) is 82.9 Å². The highest BCUT2D eigenvalue weighted by molar-refractivity contribution is 7.14. The van der Waals surface area contributed by atoms with E-state index in [0.717, 1.165) is 28.5 Å². The van der Waals surface area contributed by atoms with Crippen LogP contribution in [0.5, 0.6) is 0 Å². The molecule has 2 aromatic heterocycles. The predicted molar refractivity (Wildman–Crippen MR) is 149 cm³/mol. The number of alkyl halides is 2. The molecule has 0 saturated carbocycles. The minimum Gasteiger partial charge on any atom is -0.378 e. The molecule has 2 fully saturated rings. The number of aryl methyl sites for hydroxylation is 1. The van der Waals surface area contributed by atoms with Crippen molar-refractivity contribution in [3.63, 3.8) is 0 Å². The maximum atomic E-state index is 15.7. The summed E-state index contributed by atoms with van der Waals surface area (Å²) in [5.41, 5.74) is -0.326. The van der Waals surface area contributed by atoms with Gasteiger partial charge in [-0.15, -0.1) is 11.3 Å². The first kappa shape index (κ1) is 28.1. The summed E-state index contributed by atoms with van der Waals surface area (Å²) in [7, 11) is 3.39. The molecule has 1 amide bonds. The summed E-state index contributed by atoms with van der Waals surface area (Å²) in [6.07, 6.45) is -1.93. The summed E-state index contributed by atoms with van der Waals surface area (Å²) in [4.78, 5) is 36.2. The fourth-order valence-electron chi connectivity index (χ4n) is 4.88. The molecule has 4 heterocycles. The Kier molecular flexibility index (Phi) is 8.15. The number of carbonyl (C=O) groups is 1. The van der Waals surface area contributed by atoms with Crippen LogP contribution in [0.4, 0.5) is 29.7 Å². The lowest BCUT2D eigenvalue weighted by molar-refractivity contribution is 0.101. The molecule has 0 aliphatic carbocycles. The summed E-state index contributed by atoms with van der Waals surface area (Å²) in [6, 6.07) is 3.81. The van der Waals surface area contributed by atoms with Gasteiger partial charge in [-0.25, -0.2) is 18.2 Å². The average Bonchev–Trinajstić information content (AvgIpc) is 3.43. The first-order valence-electron chi connectivity index (χ1n) is 13.0. The number of rotatable bonds is 6. The van der Waals surface area contributed by atoms with E-state index < -0.39 is 29.3 Å². The summed E-state index contributed by atoms with van der Waals surface area (Å²) < 4.78 is 49.7. The number of benzene rings is 1. The minimum absolute atomic E-state index is 0.170. The molecule has 9 nitrogen and oxygen atoms in total. The maximum Gasteiger partial charge on any atom is 0.264 e. The number of piperazine rings is 1. The summed E-state index contributed by atoms with van der Waals surface area (Å²) >= 11 is 1.39. The second kappa shape index (κ2) is 11.6. The number of carbonyl (C=O) groups excluding carboxylic acids is 1. The fourth-order valence-corrected chi connectivity index (χ4v) is 5.76. The number of morpholine rings is 1. The molecule has 0 spiro atoms. The lowest BCUT2D eigenvalue weighted by atomic mass is 10.1. The quantitative estimate of drug-likeness (QED) is 0.478. The second-order valence-electron chi connectivity index (χ2n) is 10.1. The smallest absolute Gasteiger partial charge is 0.264 e. The van der Waals surface area contributed by atoms with Crippen molar-refractivity contribution >= 4 is 33.8 Å². The molecule has 1 N–H and O–H groups in total. The molecule has 0 bridgehead atoms. The van der Waals surface area contributed by atoms with Crippen LogP contribution in [0.15, 0.2) is 34.6 Å². The van der Waals surface area contributed by atoms with Gasteiger partial charge in [0.25, 0.3) is 17.9 Å². The predicted octanol–water partition coefficient (Wildman–Crippen LogP) is 3.81. The Morgan fingerprint density at radius 3 is 2.58 bits per heavy atom. The van der Waals surface area contributed by atoms with Crippen molar-refractivity contribution in [2.45, 2.75) is 19.4 Å². The zero-order chi connectivity index (χ0) is 28.6. The average molecular weight is 577 g/mol. The van der Waals surface area contributed by atoms with E-state index in [0.29, 0.717) is 50.8 Å². The number of aromatic nitrogens is 2. The van der Waals surface area contributed by atoms with Crippen molar-refractivity contribution in [3.05, 3.63) is 57.1 Å². The van der Waals surface area contributed by atoms with Gasteiger partial charge in [0.05, 0.1) is 35.8 Å². The van der Waals surface area contributed by atoms with E-state index in [2.05, 4.69) is 27.0 Å². The zero-order valence-corrected chi connectivity index (χ0v) is 23.3. The largest absolute Gasteiger partial charge is 0.378 e. The normalized spacial score (nSPS) is 18.4. The number of pyridine rings is 1. The van der Waals surface area contributed by atoms with Gasteiger partial charge in [-0.1, -0.05) is 0 Å². The Labute approximate surface area is 233 Å². The molecule has 5 rings (SSSR count). The van der Waals surface area contributed by atoms with Crippen molar-refractivity contribution in [3.8, 4) is 11.3 Å². The Bertz CT molecular complexity index is 1460. The molecule has 214 valence electrons. The van der Waals surface area contributed by atoms with Crippen LogP contribution >= 0.6 is 11.3 Å². The number of anilines is 3. The van der Waals surface area contributed by atoms with E-state index in [1.807, 2.05) is 11.9 Å². The lowest BCUT2D eigenvalue weighted by Gasteiger charge is -2.39. The second-order valence-corrected chi connectivity index (χ2v) is 10.9. The zero-order valence-electron chi connectivity index (χ0n) is 22.5. The number of ether oxygens (including phenoxy) is 1. The third kappa shape index (κ3) is 5.72. The van der Waals surface area contributed by atoms with Crippen LogP contribution in [0, 0.1) is 5.82 Å². The van der Waals surface area contributed by atoms with E-state index in [1.54, 1.807) is 5.38 Å². The SMILES string of the molecule is C[C@@H]1CN(c2cc(F)c(-c3csc(N4CCOCC4)n3)cc2NC(=O)c2cn(C)c(=O)cc2C(F)F)CCN1C. The highest BCUT2D eigenvalue weighted by atomic mass is 32.1. The fraction of sp³-hybridized carbons (Fsp3) is 0.444. The number of nitrogens with zero attached hydrogens (tertiary/aromatic N) is 5. The van der Waals surface area contributed by atoms with E-state index in [1.165, 1.54) is 30.5 Å². The van der Waals surface area contributed by atoms with Crippen LogP contribution < -0.4 is 20.7 Å². The van der Waals surface area contributed by atoms with E-state index >= 15 is 4.39 Å².